The maximum Gasteiger partial charge on any atom is 0.158 e. The predicted molar refractivity (Wildman–Crippen MR) is 57.7 cm³/mol. The molecule has 0 amide bonds. The van der Waals surface area contributed by atoms with Crippen molar-refractivity contribution in [2.24, 2.45) is 10.9 Å². The molecule has 0 aliphatic carbocycles. The van der Waals surface area contributed by atoms with Gasteiger partial charge in [-0.3, -0.25) is 0 Å². The normalized spacial score (nSPS) is 11.5. The van der Waals surface area contributed by atoms with Crippen LogP contribution < -0.4 is 10.6 Å². The Morgan fingerprint density at radius 1 is 1.47 bits per heavy atom. The molecule has 0 radical (unpaired) electrons. The van der Waals surface area contributed by atoms with Crippen molar-refractivity contribution in [2.75, 3.05) is 18.0 Å². The van der Waals surface area contributed by atoms with Crippen molar-refractivity contribution in [1.29, 1.82) is 0 Å². The number of halogens is 1. The van der Waals surface area contributed by atoms with Crippen LogP contribution in [-0.4, -0.2) is 24.1 Å². The summed E-state index contributed by atoms with van der Waals surface area (Å²) in [5, 5.41) is 11.3. The second kappa shape index (κ2) is 5.19. The zero-order valence-corrected chi connectivity index (χ0v) is 8.52. The fourth-order valence-electron chi connectivity index (χ4n) is 1.26. The van der Waals surface area contributed by atoms with Gasteiger partial charge in [-0.2, -0.15) is 0 Å². The second-order valence-electron chi connectivity index (χ2n) is 3.08. The number of benzene rings is 1. The van der Waals surface area contributed by atoms with E-state index in [-0.39, 0.29) is 11.7 Å². The molecule has 0 saturated carbocycles. The molecule has 0 saturated heterocycles. The minimum Gasteiger partial charge on any atom is -0.409 e. The average Bonchev–Trinajstić information content (AvgIpc) is 2.27. The van der Waals surface area contributed by atoms with Crippen LogP contribution in [0.4, 0.5) is 10.1 Å². The molecule has 1 aromatic rings. The summed E-state index contributed by atoms with van der Waals surface area (Å²) in [6.45, 7) is 2.95. The summed E-state index contributed by atoms with van der Waals surface area (Å²) in [7, 11) is 0. The fraction of sp³-hybridized carbons (Fsp3) is 0.300. The first kappa shape index (κ1) is 11.3. The molecular weight excluding hydrogens is 197 g/mol. The Labute approximate surface area is 87.8 Å². The van der Waals surface area contributed by atoms with Gasteiger partial charge in [0.05, 0.1) is 6.54 Å². The van der Waals surface area contributed by atoms with Crippen LogP contribution in [-0.2, 0) is 0 Å². The maximum atomic E-state index is 12.7. The van der Waals surface area contributed by atoms with E-state index in [1.54, 1.807) is 12.1 Å². The first-order chi connectivity index (χ1) is 7.17. The van der Waals surface area contributed by atoms with Gasteiger partial charge in [0.1, 0.15) is 5.82 Å². The zero-order chi connectivity index (χ0) is 11.3. The molecule has 0 spiro atoms. The van der Waals surface area contributed by atoms with Gasteiger partial charge in [-0.1, -0.05) is 5.16 Å². The van der Waals surface area contributed by atoms with Crippen molar-refractivity contribution in [3.05, 3.63) is 30.1 Å². The number of hydrogen-bond acceptors (Lipinski definition) is 3. The minimum absolute atomic E-state index is 0.126. The van der Waals surface area contributed by atoms with E-state index in [1.807, 2.05) is 11.8 Å². The van der Waals surface area contributed by atoms with Crippen molar-refractivity contribution in [1.82, 2.24) is 0 Å². The fourth-order valence-corrected chi connectivity index (χ4v) is 1.26. The van der Waals surface area contributed by atoms with Gasteiger partial charge < -0.3 is 15.8 Å². The van der Waals surface area contributed by atoms with Gasteiger partial charge in [0.15, 0.2) is 5.84 Å². The quantitative estimate of drug-likeness (QED) is 0.342. The van der Waals surface area contributed by atoms with Gasteiger partial charge in [-0.15, -0.1) is 0 Å². The highest BCUT2D eigenvalue weighted by atomic mass is 19.1. The molecule has 0 atom stereocenters. The summed E-state index contributed by atoms with van der Waals surface area (Å²) in [5.74, 6) is -0.153. The van der Waals surface area contributed by atoms with E-state index < -0.39 is 0 Å². The molecule has 1 aromatic carbocycles. The Bertz CT molecular complexity index is 337. The summed E-state index contributed by atoms with van der Waals surface area (Å²) in [5.41, 5.74) is 6.24. The van der Waals surface area contributed by atoms with Crippen molar-refractivity contribution < 1.29 is 9.60 Å². The summed E-state index contributed by atoms with van der Waals surface area (Å²) < 4.78 is 12.7. The van der Waals surface area contributed by atoms with E-state index in [1.165, 1.54) is 12.1 Å². The summed E-state index contributed by atoms with van der Waals surface area (Å²) in [6, 6.07) is 6.07. The third-order valence-corrected chi connectivity index (χ3v) is 2.05. The minimum atomic E-state index is -0.279. The second-order valence-corrected chi connectivity index (χ2v) is 3.08. The SMILES string of the molecule is CCN(CC(N)=NO)c1ccc(F)cc1. The van der Waals surface area contributed by atoms with Crippen molar-refractivity contribution in [3.63, 3.8) is 0 Å². The Morgan fingerprint density at radius 3 is 2.53 bits per heavy atom. The van der Waals surface area contributed by atoms with Crippen LogP contribution in [0.3, 0.4) is 0 Å². The third kappa shape index (κ3) is 3.12. The number of anilines is 1. The molecular formula is C10H14FN3O. The number of nitrogens with two attached hydrogens (primary N) is 1. The number of oxime groups is 1. The van der Waals surface area contributed by atoms with E-state index in [0.717, 1.165) is 5.69 Å². The van der Waals surface area contributed by atoms with E-state index in [2.05, 4.69) is 5.16 Å². The van der Waals surface area contributed by atoms with Crippen molar-refractivity contribution >= 4 is 11.5 Å². The lowest BCUT2D eigenvalue weighted by Gasteiger charge is -2.21. The van der Waals surface area contributed by atoms with Gasteiger partial charge in [-0.25, -0.2) is 4.39 Å². The highest BCUT2D eigenvalue weighted by Gasteiger charge is 2.06. The number of amidine groups is 1. The van der Waals surface area contributed by atoms with E-state index in [0.29, 0.717) is 13.1 Å². The Morgan fingerprint density at radius 2 is 2.07 bits per heavy atom. The lowest BCUT2D eigenvalue weighted by molar-refractivity contribution is 0.317. The monoisotopic (exact) mass is 211 g/mol. The van der Waals surface area contributed by atoms with E-state index in [4.69, 9.17) is 10.9 Å². The van der Waals surface area contributed by atoms with Crippen LogP contribution >= 0.6 is 0 Å². The predicted octanol–water partition coefficient (Wildman–Crippen LogP) is 1.40. The summed E-state index contributed by atoms with van der Waals surface area (Å²) >= 11 is 0. The molecule has 0 heterocycles. The maximum absolute atomic E-state index is 12.7. The average molecular weight is 211 g/mol. The molecule has 15 heavy (non-hydrogen) atoms. The van der Waals surface area contributed by atoms with Crippen molar-refractivity contribution in [3.8, 4) is 0 Å². The van der Waals surface area contributed by atoms with Crippen LogP contribution in [0.25, 0.3) is 0 Å². The smallest absolute Gasteiger partial charge is 0.158 e. The van der Waals surface area contributed by atoms with Crippen LogP contribution in [0, 0.1) is 5.82 Å². The Kier molecular flexibility index (Phi) is 3.91. The summed E-state index contributed by atoms with van der Waals surface area (Å²) in [4.78, 5) is 1.87. The molecule has 82 valence electrons. The largest absolute Gasteiger partial charge is 0.409 e. The van der Waals surface area contributed by atoms with Gasteiger partial charge >= 0.3 is 0 Å². The molecule has 1 rings (SSSR count). The molecule has 0 bridgehead atoms. The number of rotatable bonds is 4. The summed E-state index contributed by atoms with van der Waals surface area (Å²) in [6.07, 6.45) is 0. The molecule has 0 aliphatic heterocycles. The van der Waals surface area contributed by atoms with Crippen molar-refractivity contribution in [2.45, 2.75) is 6.92 Å². The Hall–Kier alpha value is -1.78. The van der Waals surface area contributed by atoms with Crippen LogP contribution in [0.15, 0.2) is 29.4 Å². The molecule has 5 heteroatoms. The number of likely N-dealkylation sites (N-methyl/N-ethyl adjacent to an activating group) is 1. The molecule has 0 unspecified atom stereocenters. The van der Waals surface area contributed by atoms with Gasteiger partial charge in [0.25, 0.3) is 0 Å². The lowest BCUT2D eigenvalue weighted by atomic mass is 10.2. The molecule has 0 aliphatic rings. The number of nitrogens with zero attached hydrogens (tertiary/aromatic N) is 2. The third-order valence-electron chi connectivity index (χ3n) is 2.05. The highest BCUT2D eigenvalue weighted by molar-refractivity contribution is 5.84. The van der Waals surface area contributed by atoms with Gasteiger partial charge in [-0.05, 0) is 31.2 Å². The first-order valence-electron chi connectivity index (χ1n) is 4.64. The first-order valence-corrected chi connectivity index (χ1v) is 4.64. The van der Waals surface area contributed by atoms with Gasteiger partial charge in [0, 0.05) is 12.2 Å². The molecule has 0 fully saturated rings. The standard InChI is InChI=1S/C10H14FN3O/c1-2-14(7-10(12)13-15)9-5-3-8(11)4-6-9/h3-6,15H,2,7H2,1H3,(H2,12,13). The van der Waals surface area contributed by atoms with E-state index >= 15 is 0 Å². The Balaban J connectivity index is 2.78. The lowest BCUT2D eigenvalue weighted by Crippen LogP contribution is -2.33. The highest BCUT2D eigenvalue weighted by Crippen LogP contribution is 2.13. The molecule has 4 nitrogen and oxygen atoms in total. The zero-order valence-electron chi connectivity index (χ0n) is 8.52. The molecule has 3 N–H and O–H groups in total. The van der Waals surface area contributed by atoms with Crippen LogP contribution in [0.5, 0.6) is 0 Å². The van der Waals surface area contributed by atoms with Crippen LogP contribution in [0.2, 0.25) is 0 Å². The number of hydrogen-bond donors (Lipinski definition) is 2. The van der Waals surface area contributed by atoms with Crippen LogP contribution in [0.1, 0.15) is 6.92 Å². The molecule has 0 aromatic heterocycles. The topological polar surface area (TPSA) is 61.8 Å². The van der Waals surface area contributed by atoms with E-state index in [9.17, 15) is 4.39 Å². The van der Waals surface area contributed by atoms with Gasteiger partial charge in [0.2, 0.25) is 0 Å².